The number of allylic oxidation sites excluding steroid dienone is 1. The number of nitrogens with zero attached hydrogens (tertiary/aromatic N) is 1. The Morgan fingerprint density at radius 1 is 1.20 bits per heavy atom. The summed E-state index contributed by atoms with van der Waals surface area (Å²) in [7, 11) is 2.92. The van der Waals surface area contributed by atoms with Crippen molar-refractivity contribution in [3.05, 3.63) is 48.0 Å². The van der Waals surface area contributed by atoms with Crippen LogP contribution in [0, 0.1) is 5.92 Å². The lowest BCUT2D eigenvalue weighted by Gasteiger charge is -2.20. The van der Waals surface area contributed by atoms with Crippen molar-refractivity contribution in [1.82, 2.24) is 4.90 Å². The molecule has 8 heteroatoms. The molecule has 1 aromatic carbocycles. The van der Waals surface area contributed by atoms with Crippen molar-refractivity contribution in [3.8, 4) is 0 Å². The van der Waals surface area contributed by atoms with Crippen molar-refractivity contribution in [1.29, 1.82) is 0 Å². The number of imide groups is 1. The number of hydrogen-bond acceptors (Lipinski definition) is 6. The molecule has 0 fully saturated rings. The third kappa shape index (κ3) is 6.04. The molecule has 1 heterocycles. The van der Waals surface area contributed by atoms with Gasteiger partial charge in [-0.3, -0.25) is 14.5 Å². The van der Waals surface area contributed by atoms with Crippen molar-refractivity contribution >= 4 is 40.7 Å². The van der Waals surface area contributed by atoms with Gasteiger partial charge in [-0.15, -0.1) is 6.58 Å². The third-order valence-electron chi connectivity index (χ3n) is 3.31. The van der Waals surface area contributed by atoms with Crippen LogP contribution in [0.15, 0.2) is 36.9 Å². The van der Waals surface area contributed by atoms with Crippen molar-refractivity contribution in [3.63, 3.8) is 0 Å². The quantitative estimate of drug-likeness (QED) is 0.375. The van der Waals surface area contributed by atoms with E-state index in [2.05, 4.69) is 20.4 Å². The summed E-state index contributed by atoms with van der Waals surface area (Å²) in [4.78, 5) is 25.3. The van der Waals surface area contributed by atoms with Crippen LogP contribution in [0.5, 0.6) is 0 Å². The highest BCUT2D eigenvalue weighted by molar-refractivity contribution is 8.67. The van der Waals surface area contributed by atoms with Crippen LogP contribution in [0.1, 0.15) is 41.0 Å². The minimum atomic E-state index is -2.48. The first kappa shape index (κ1) is 22.1. The number of benzene rings is 1. The van der Waals surface area contributed by atoms with E-state index in [0.29, 0.717) is 11.1 Å². The fourth-order valence-electron chi connectivity index (χ4n) is 2.00. The van der Waals surface area contributed by atoms with Gasteiger partial charge >= 0.3 is 0 Å². The Labute approximate surface area is 158 Å². The van der Waals surface area contributed by atoms with E-state index in [-0.39, 0.29) is 17.7 Å². The second kappa shape index (κ2) is 10.2. The molecule has 2 amide bonds. The summed E-state index contributed by atoms with van der Waals surface area (Å²) in [5, 5.41) is 0. The molecule has 0 N–H and O–H groups in total. The zero-order valence-corrected chi connectivity index (χ0v) is 17.5. The average molecular weight is 401 g/mol. The van der Waals surface area contributed by atoms with E-state index < -0.39 is 5.69 Å². The predicted octanol–water partition coefficient (Wildman–Crippen LogP) is 4.71. The summed E-state index contributed by atoms with van der Waals surface area (Å²) in [6.07, 6.45) is 3.09. The summed E-state index contributed by atoms with van der Waals surface area (Å²) in [5.41, 5.74) is -1.62. The first-order chi connectivity index (χ1) is 11.8. The van der Waals surface area contributed by atoms with Crippen LogP contribution >= 0.6 is 17.1 Å². The van der Waals surface area contributed by atoms with E-state index in [9.17, 15) is 9.59 Å². The lowest BCUT2D eigenvalue weighted by atomic mass is 10.1. The summed E-state index contributed by atoms with van der Waals surface area (Å²) in [5.74, 6) is 0.303. The highest BCUT2D eigenvalue weighted by atomic mass is 32.9. The van der Waals surface area contributed by atoms with Crippen LogP contribution < -0.4 is 0 Å². The molecule has 2 rings (SSSR count). The molecule has 0 unspecified atom stereocenters. The van der Waals surface area contributed by atoms with Crippen LogP contribution in [-0.4, -0.2) is 36.8 Å². The van der Waals surface area contributed by atoms with E-state index in [1.165, 1.54) is 14.2 Å². The molecule has 0 aromatic heterocycles. The standard InChI is InChI=1S/C11H12NO4PS2.C6H12/c1-15-17(18,16-2)19-7-12-10(13)8-5-3-4-6-9(8)11(12)14;1-4-5-6(2)3/h3-6H,7H2,1-2H3;4,6H,1,5H2,2-3H3. The highest BCUT2D eigenvalue weighted by Gasteiger charge is 2.36. The number of hydrogen-bond donors (Lipinski definition) is 0. The van der Waals surface area contributed by atoms with Gasteiger partial charge in [-0.25, -0.2) is 0 Å². The zero-order chi connectivity index (χ0) is 19.0. The van der Waals surface area contributed by atoms with E-state index in [1.54, 1.807) is 24.3 Å². The van der Waals surface area contributed by atoms with Crippen molar-refractivity contribution in [2.45, 2.75) is 20.3 Å². The Hall–Kier alpha value is -0.980. The van der Waals surface area contributed by atoms with Gasteiger partial charge in [0.1, 0.15) is 0 Å². The van der Waals surface area contributed by atoms with Gasteiger partial charge in [-0.1, -0.05) is 32.1 Å². The Balaban J connectivity index is 0.000000450. The molecule has 0 bridgehead atoms. The fraction of sp³-hybridized carbons (Fsp3) is 0.412. The minimum absolute atomic E-state index is 0.130. The Morgan fingerprint density at radius 3 is 2.00 bits per heavy atom. The monoisotopic (exact) mass is 401 g/mol. The van der Waals surface area contributed by atoms with Crippen LogP contribution in [0.3, 0.4) is 0 Å². The zero-order valence-electron chi connectivity index (χ0n) is 14.9. The molecule has 0 spiro atoms. The van der Waals surface area contributed by atoms with Crippen LogP contribution in [0.2, 0.25) is 0 Å². The normalized spacial score (nSPS) is 13.6. The number of carbonyl (C=O) groups is 2. The molecule has 25 heavy (non-hydrogen) atoms. The van der Waals surface area contributed by atoms with E-state index >= 15 is 0 Å². The van der Waals surface area contributed by atoms with Gasteiger partial charge in [0.15, 0.2) is 0 Å². The molecule has 0 aliphatic carbocycles. The summed E-state index contributed by atoms with van der Waals surface area (Å²) in [6.45, 7) is 7.97. The predicted molar refractivity (Wildman–Crippen MR) is 107 cm³/mol. The second-order valence-electron chi connectivity index (χ2n) is 5.57. The first-order valence-electron chi connectivity index (χ1n) is 7.71. The molecule has 1 aliphatic rings. The van der Waals surface area contributed by atoms with Gasteiger partial charge in [0.05, 0.1) is 17.0 Å². The van der Waals surface area contributed by atoms with Crippen molar-refractivity contribution < 1.29 is 18.6 Å². The van der Waals surface area contributed by atoms with Gasteiger partial charge in [0, 0.05) is 14.2 Å². The van der Waals surface area contributed by atoms with Gasteiger partial charge in [-0.2, -0.15) is 0 Å². The SMILES string of the molecule is C=CCC(C)C.COP(=S)(OC)SCN1C(=O)c2ccccc2C1=O. The molecular formula is C17H24NO4PS2. The van der Waals surface area contributed by atoms with Crippen molar-refractivity contribution in [2.24, 2.45) is 5.92 Å². The first-order valence-corrected chi connectivity index (χ1v) is 11.9. The summed E-state index contributed by atoms with van der Waals surface area (Å²) >= 11 is 6.35. The number of amides is 2. The Morgan fingerprint density at radius 2 is 1.68 bits per heavy atom. The van der Waals surface area contributed by atoms with Gasteiger partial charge < -0.3 is 9.05 Å². The topological polar surface area (TPSA) is 55.8 Å². The minimum Gasteiger partial charge on any atom is -0.325 e. The molecule has 1 aromatic rings. The molecule has 1 aliphatic heterocycles. The maximum atomic E-state index is 12.1. The van der Waals surface area contributed by atoms with E-state index in [0.717, 1.165) is 28.6 Å². The number of rotatable bonds is 7. The Kier molecular flexibility index (Phi) is 9.03. The third-order valence-corrected chi connectivity index (χ3v) is 8.93. The summed E-state index contributed by atoms with van der Waals surface area (Å²) < 4.78 is 10.2. The van der Waals surface area contributed by atoms with Crippen molar-refractivity contribution in [2.75, 3.05) is 20.1 Å². The van der Waals surface area contributed by atoms with E-state index in [1.807, 2.05) is 6.08 Å². The van der Waals surface area contributed by atoms with Gasteiger partial charge in [0.25, 0.3) is 11.8 Å². The van der Waals surface area contributed by atoms with Gasteiger partial charge in [-0.05, 0) is 47.7 Å². The number of carbonyl (C=O) groups excluding carboxylic acids is 2. The van der Waals surface area contributed by atoms with Gasteiger partial charge in [0.2, 0.25) is 5.69 Å². The van der Waals surface area contributed by atoms with E-state index in [4.69, 9.17) is 20.9 Å². The maximum Gasteiger partial charge on any atom is 0.262 e. The smallest absolute Gasteiger partial charge is 0.262 e. The van der Waals surface area contributed by atoms with Crippen LogP contribution in [-0.2, 0) is 20.9 Å². The Bertz CT molecular complexity index is 635. The molecule has 0 radical (unpaired) electrons. The highest BCUT2D eigenvalue weighted by Crippen LogP contribution is 2.60. The fourth-order valence-corrected chi connectivity index (χ4v) is 4.68. The maximum absolute atomic E-state index is 12.1. The number of fused-ring (bicyclic) bond motifs is 1. The van der Waals surface area contributed by atoms with Crippen LogP contribution in [0.25, 0.3) is 0 Å². The summed E-state index contributed by atoms with van der Waals surface area (Å²) in [6, 6.07) is 6.75. The molecule has 0 atom stereocenters. The largest absolute Gasteiger partial charge is 0.325 e. The average Bonchev–Trinajstić information content (AvgIpc) is 2.85. The molecule has 138 valence electrons. The lowest BCUT2D eigenvalue weighted by molar-refractivity contribution is 0.0684. The van der Waals surface area contributed by atoms with Crippen LogP contribution in [0.4, 0.5) is 0 Å². The molecule has 5 nitrogen and oxygen atoms in total. The lowest BCUT2D eigenvalue weighted by Crippen LogP contribution is -2.29. The molecule has 0 saturated heterocycles. The molecule has 0 saturated carbocycles. The second-order valence-corrected chi connectivity index (χ2v) is 12.1. The molecular weight excluding hydrogens is 377 g/mol.